The van der Waals surface area contributed by atoms with Gasteiger partial charge in [-0.15, -0.1) is 0 Å². The van der Waals surface area contributed by atoms with Crippen LogP contribution in [-0.2, 0) is 16.3 Å². The highest BCUT2D eigenvalue weighted by Gasteiger charge is 2.27. The first kappa shape index (κ1) is 17.2. The average molecular weight is 362 g/mol. The smallest absolute Gasteiger partial charge is 0.288 e. The van der Waals surface area contributed by atoms with Crippen LogP contribution in [0.1, 0.15) is 23.6 Å². The number of rotatable bonds is 5. The molecule has 1 aliphatic carbocycles. The van der Waals surface area contributed by atoms with Gasteiger partial charge in [0.25, 0.3) is 5.69 Å². The van der Waals surface area contributed by atoms with Crippen molar-refractivity contribution in [1.82, 2.24) is 0 Å². The SMILES string of the molecule is COc1cccc2c1CCC2Nc1ccc([N+](=O)[O-])c(S(C)(=O)=O)c1. The van der Waals surface area contributed by atoms with Gasteiger partial charge in [-0.2, -0.15) is 0 Å². The highest BCUT2D eigenvalue weighted by molar-refractivity contribution is 7.90. The van der Waals surface area contributed by atoms with Gasteiger partial charge in [0.2, 0.25) is 0 Å². The molecular weight excluding hydrogens is 344 g/mol. The molecule has 1 N–H and O–H groups in total. The van der Waals surface area contributed by atoms with E-state index in [2.05, 4.69) is 5.32 Å². The van der Waals surface area contributed by atoms with E-state index in [1.165, 1.54) is 18.2 Å². The molecule has 1 aliphatic rings. The number of ether oxygens (including phenoxy) is 1. The number of nitrogens with zero attached hydrogens (tertiary/aromatic N) is 1. The fraction of sp³-hybridized carbons (Fsp3) is 0.294. The Morgan fingerprint density at radius 3 is 2.68 bits per heavy atom. The first-order valence-corrected chi connectivity index (χ1v) is 9.61. The Kier molecular flexibility index (Phi) is 4.38. The third-order valence-electron chi connectivity index (χ3n) is 4.34. The molecule has 0 radical (unpaired) electrons. The average Bonchev–Trinajstić information content (AvgIpc) is 2.97. The van der Waals surface area contributed by atoms with E-state index in [9.17, 15) is 18.5 Å². The molecule has 7 nitrogen and oxygen atoms in total. The summed E-state index contributed by atoms with van der Waals surface area (Å²) in [6.07, 6.45) is 2.65. The molecule has 0 fully saturated rings. The first-order chi connectivity index (χ1) is 11.8. The van der Waals surface area contributed by atoms with E-state index in [4.69, 9.17) is 4.74 Å². The summed E-state index contributed by atoms with van der Waals surface area (Å²) in [4.78, 5) is 10.1. The molecule has 0 heterocycles. The summed E-state index contributed by atoms with van der Waals surface area (Å²) < 4.78 is 29.1. The monoisotopic (exact) mass is 362 g/mol. The maximum Gasteiger partial charge on any atom is 0.288 e. The van der Waals surface area contributed by atoms with Crippen LogP contribution in [0.25, 0.3) is 0 Å². The maximum absolute atomic E-state index is 11.9. The number of methoxy groups -OCH3 is 1. The molecule has 0 spiro atoms. The predicted molar refractivity (Wildman–Crippen MR) is 93.9 cm³/mol. The quantitative estimate of drug-likeness (QED) is 0.648. The number of hydrogen-bond acceptors (Lipinski definition) is 6. The number of sulfone groups is 1. The molecule has 2 aromatic carbocycles. The molecule has 1 unspecified atom stereocenters. The molecule has 0 saturated heterocycles. The fourth-order valence-electron chi connectivity index (χ4n) is 3.21. The Labute approximate surface area is 145 Å². The van der Waals surface area contributed by atoms with Gasteiger partial charge in [0, 0.05) is 18.0 Å². The van der Waals surface area contributed by atoms with Gasteiger partial charge in [0.1, 0.15) is 10.6 Å². The standard InChI is InChI=1S/C17H18N2O5S/c1-24-16-5-3-4-12-13(16)7-8-14(12)18-11-6-9-15(19(20)21)17(10-11)25(2,22)23/h3-6,9-10,14,18H,7-8H2,1-2H3. The van der Waals surface area contributed by atoms with E-state index in [0.717, 1.165) is 36.0 Å². The van der Waals surface area contributed by atoms with Crippen LogP contribution in [0.3, 0.4) is 0 Å². The van der Waals surface area contributed by atoms with Gasteiger partial charge in [-0.05, 0) is 42.2 Å². The molecular formula is C17H18N2O5S. The largest absolute Gasteiger partial charge is 0.496 e. The summed E-state index contributed by atoms with van der Waals surface area (Å²) in [5.41, 5.74) is 2.35. The Balaban J connectivity index is 1.95. The molecule has 0 aliphatic heterocycles. The number of nitrogens with one attached hydrogen (secondary N) is 1. The van der Waals surface area contributed by atoms with Crippen molar-refractivity contribution in [3.8, 4) is 5.75 Å². The van der Waals surface area contributed by atoms with Gasteiger partial charge < -0.3 is 10.1 Å². The van der Waals surface area contributed by atoms with Gasteiger partial charge in [0.15, 0.2) is 9.84 Å². The van der Waals surface area contributed by atoms with Gasteiger partial charge in [0.05, 0.1) is 18.1 Å². The van der Waals surface area contributed by atoms with Crippen LogP contribution in [0.5, 0.6) is 5.75 Å². The first-order valence-electron chi connectivity index (χ1n) is 7.72. The minimum absolute atomic E-state index is 0.000957. The van der Waals surface area contributed by atoms with E-state index in [1.54, 1.807) is 7.11 Å². The molecule has 0 bridgehead atoms. The predicted octanol–water partition coefficient (Wildman–Crippen LogP) is 3.11. The third kappa shape index (κ3) is 3.30. The summed E-state index contributed by atoms with van der Waals surface area (Å²) in [5.74, 6) is 0.835. The van der Waals surface area contributed by atoms with Crippen molar-refractivity contribution in [2.24, 2.45) is 0 Å². The normalized spacial score (nSPS) is 16.3. The molecule has 132 valence electrons. The second-order valence-corrected chi connectivity index (χ2v) is 7.96. The van der Waals surface area contributed by atoms with Crippen LogP contribution in [-0.4, -0.2) is 26.7 Å². The van der Waals surface area contributed by atoms with E-state index < -0.39 is 20.4 Å². The zero-order valence-electron chi connectivity index (χ0n) is 13.9. The molecule has 0 aromatic heterocycles. The lowest BCUT2D eigenvalue weighted by Gasteiger charge is -2.16. The van der Waals surface area contributed by atoms with E-state index in [1.807, 2.05) is 18.2 Å². The zero-order chi connectivity index (χ0) is 18.2. The maximum atomic E-state index is 11.9. The Hall–Kier alpha value is -2.61. The van der Waals surface area contributed by atoms with Gasteiger partial charge in [-0.25, -0.2) is 8.42 Å². The van der Waals surface area contributed by atoms with Crippen molar-refractivity contribution in [3.63, 3.8) is 0 Å². The molecule has 3 rings (SSSR count). The molecule has 1 atom stereocenters. The van der Waals surface area contributed by atoms with Crippen molar-refractivity contribution < 1.29 is 18.1 Å². The molecule has 0 saturated carbocycles. The van der Waals surface area contributed by atoms with Crippen LogP contribution in [0.4, 0.5) is 11.4 Å². The van der Waals surface area contributed by atoms with E-state index >= 15 is 0 Å². The highest BCUT2D eigenvalue weighted by Crippen LogP contribution is 2.39. The third-order valence-corrected chi connectivity index (χ3v) is 5.47. The lowest BCUT2D eigenvalue weighted by molar-refractivity contribution is -0.387. The molecule has 0 amide bonds. The lowest BCUT2D eigenvalue weighted by Crippen LogP contribution is -2.09. The summed E-state index contributed by atoms with van der Waals surface area (Å²) >= 11 is 0. The summed E-state index contributed by atoms with van der Waals surface area (Å²) in [5, 5.41) is 14.3. The van der Waals surface area contributed by atoms with E-state index in [-0.39, 0.29) is 10.9 Å². The van der Waals surface area contributed by atoms with Crippen molar-refractivity contribution in [2.45, 2.75) is 23.8 Å². The number of nitro groups is 1. The van der Waals surface area contributed by atoms with Crippen molar-refractivity contribution in [1.29, 1.82) is 0 Å². The number of hydrogen-bond donors (Lipinski definition) is 1. The summed E-state index contributed by atoms with van der Waals surface area (Å²) in [7, 11) is -2.08. The second kappa shape index (κ2) is 6.36. The van der Waals surface area contributed by atoms with Crippen molar-refractivity contribution in [2.75, 3.05) is 18.7 Å². The van der Waals surface area contributed by atoms with Crippen molar-refractivity contribution in [3.05, 3.63) is 57.6 Å². The van der Waals surface area contributed by atoms with Crippen LogP contribution in [0.2, 0.25) is 0 Å². The second-order valence-electron chi connectivity index (χ2n) is 5.98. The summed E-state index contributed by atoms with van der Waals surface area (Å²) in [6.45, 7) is 0. The van der Waals surface area contributed by atoms with Crippen LogP contribution < -0.4 is 10.1 Å². The van der Waals surface area contributed by atoms with Crippen molar-refractivity contribution >= 4 is 21.2 Å². The summed E-state index contributed by atoms with van der Waals surface area (Å²) in [6, 6.07) is 9.91. The van der Waals surface area contributed by atoms with Crippen LogP contribution in [0.15, 0.2) is 41.3 Å². The van der Waals surface area contributed by atoms with Gasteiger partial charge >= 0.3 is 0 Å². The Bertz CT molecular complexity index is 940. The molecule has 25 heavy (non-hydrogen) atoms. The number of nitro benzene ring substituents is 1. The van der Waals surface area contributed by atoms with Gasteiger partial charge in [-0.3, -0.25) is 10.1 Å². The Morgan fingerprint density at radius 2 is 2.04 bits per heavy atom. The van der Waals surface area contributed by atoms with Crippen LogP contribution >= 0.6 is 0 Å². The molecule has 8 heteroatoms. The Morgan fingerprint density at radius 1 is 1.28 bits per heavy atom. The highest BCUT2D eigenvalue weighted by atomic mass is 32.2. The minimum Gasteiger partial charge on any atom is -0.496 e. The van der Waals surface area contributed by atoms with Gasteiger partial charge in [-0.1, -0.05) is 12.1 Å². The fourth-order valence-corrected chi connectivity index (χ4v) is 4.08. The van der Waals surface area contributed by atoms with Crippen LogP contribution in [0, 0.1) is 10.1 Å². The lowest BCUT2D eigenvalue weighted by atomic mass is 10.1. The number of benzene rings is 2. The molecule has 2 aromatic rings. The van der Waals surface area contributed by atoms with E-state index in [0.29, 0.717) is 5.69 Å². The number of fused-ring (bicyclic) bond motifs is 1. The zero-order valence-corrected chi connectivity index (χ0v) is 14.7. The number of anilines is 1. The topological polar surface area (TPSA) is 98.5 Å². The minimum atomic E-state index is -3.71.